The average Bonchev–Trinajstić information content (AvgIpc) is 3.57. The van der Waals surface area contributed by atoms with Crippen LogP contribution in [0.5, 0.6) is 0 Å². The first-order valence-corrected chi connectivity index (χ1v) is 17.9. The molecule has 0 atom stereocenters. The molecular formula is C48H31NS. The first-order valence-electron chi connectivity index (χ1n) is 17.1. The second-order valence-corrected chi connectivity index (χ2v) is 14.0. The molecule has 1 heterocycles. The van der Waals surface area contributed by atoms with Crippen LogP contribution >= 0.6 is 11.3 Å². The highest BCUT2D eigenvalue weighted by molar-refractivity contribution is 7.26. The van der Waals surface area contributed by atoms with Crippen molar-refractivity contribution in [3.8, 4) is 22.3 Å². The summed E-state index contributed by atoms with van der Waals surface area (Å²) in [7, 11) is 0. The molecule has 0 aliphatic heterocycles. The third-order valence-electron chi connectivity index (χ3n) is 10.0. The highest BCUT2D eigenvalue weighted by Crippen LogP contribution is 2.42. The van der Waals surface area contributed by atoms with Crippen molar-refractivity contribution in [1.29, 1.82) is 0 Å². The molecule has 0 radical (unpaired) electrons. The molecule has 0 aliphatic rings. The number of para-hydroxylation sites is 1. The van der Waals surface area contributed by atoms with E-state index in [1.807, 2.05) is 11.3 Å². The maximum absolute atomic E-state index is 2.36. The predicted molar refractivity (Wildman–Crippen MR) is 217 cm³/mol. The van der Waals surface area contributed by atoms with Crippen LogP contribution < -0.4 is 4.90 Å². The van der Waals surface area contributed by atoms with E-state index in [9.17, 15) is 0 Å². The zero-order valence-electron chi connectivity index (χ0n) is 27.3. The van der Waals surface area contributed by atoms with Crippen LogP contribution in [-0.2, 0) is 0 Å². The summed E-state index contributed by atoms with van der Waals surface area (Å²) < 4.78 is 2.66. The van der Waals surface area contributed by atoms with E-state index in [-0.39, 0.29) is 0 Å². The van der Waals surface area contributed by atoms with Gasteiger partial charge < -0.3 is 4.90 Å². The molecule has 0 unspecified atom stereocenters. The van der Waals surface area contributed by atoms with Crippen molar-refractivity contribution in [2.45, 2.75) is 0 Å². The molecule has 234 valence electrons. The summed E-state index contributed by atoms with van der Waals surface area (Å²) in [6.45, 7) is 0. The van der Waals surface area contributed by atoms with Crippen molar-refractivity contribution in [3.63, 3.8) is 0 Å². The maximum Gasteiger partial charge on any atom is 0.0462 e. The second-order valence-electron chi connectivity index (χ2n) is 12.9. The Kier molecular flexibility index (Phi) is 6.75. The summed E-state index contributed by atoms with van der Waals surface area (Å²) in [5.74, 6) is 0. The zero-order chi connectivity index (χ0) is 33.0. The van der Waals surface area contributed by atoms with Gasteiger partial charge in [0.05, 0.1) is 0 Å². The second kappa shape index (κ2) is 11.7. The molecule has 0 spiro atoms. The Balaban J connectivity index is 1.02. The summed E-state index contributed by atoms with van der Waals surface area (Å²) >= 11 is 1.88. The summed E-state index contributed by atoms with van der Waals surface area (Å²) in [5.41, 5.74) is 8.29. The van der Waals surface area contributed by atoms with Crippen molar-refractivity contribution >= 4 is 80.9 Å². The Morgan fingerprint density at radius 1 is 0.320 bits per heavy atom. The van der Waals surface area contributed by atoms with Gasteiger partial charge in [-0.3, -0.25) is 0 Å². The smallest absolute Gasteiger partial charge is 0.0462 e. The third kappa shape index (κ3) is 4.76. The first-order chi connectivity index (χ1) is 24.8. The molecule has 0 fully saturated rings. The standard InChI is InChI=1S/C48H31NS/c1-2-12-37(13-3-1)49(39-26-20-34(21-27-39)45-30-36-11-5-6-14-40(36)42-16-8-9-17-43(42)45)38-24-18-32(19-25-38)35-22-28-44-47(31-35)50-46-29-23-33-10-4-7-15-41(33)48(44)46/h1-31H. The molecule has 10 aromatic rings. The van der Waals surface area contributed by atoms with Crippen molar-refractivity contribution < 1.29 is 0 Å². The molecule has 1 aromatic heterocycles. The molecule has 9 aromatic carbocycles. The SMILES string of the molecule is c1ccc(N(c2ccc(-c3ccc4c(c3)sc3ccc5ccccc5c34)cc2)c2ccc(-c3cc4ccccc4c4ccccc34)cc2)cc1. The Hall–Kier alpha value is -6.22. The van der Waals surface area contributed by atoms with Gasteiger partial charge in [0.1, 0.15) is 0 Å². The number of nitrogens with zero attached hydrogens (tertiary/aromatic N) is 1. The lowest BCUT2D eigenvalue weighted by atomic mass is 9.93. The van der Waals surface area contributed by atoms with Gasteiger partial charge in [-0.05, 0) is 109 Å². The number of benzene rings is 9. The molecule has 0 N–H and O–H groups in total. The molecule has 0 saturated heterocycles. The van der Waals surface area contributed by atoms with Gasteiger partial charge in [-0.2, -0.15) is 0 Å². The fourth-order valence-electron chi connectivity index (χ4n) is 7.64. The quantitative estimate of drug-likeness (QED) is 0.167. The lowest BCUT2D eigenvalue weighted by molar-refractivity contribution is 1.28. The van der Waals surface area contributed by atoms with Gasteiger partial charge in [-0.25, -0.2) is 0 Å². The molecule has 0 saturated carbocycles. The van der Waals surface area contributed by atoms with Gasteiger partial charge in [0.2, 0.25) is 0 Å². The topological polar surface area (TPSA) is 3.24 Å². The minimum atomic E-state index is 1.12. The van der Waals surface area contributed by atoms with E-state index in [2.05, 4.69) is 193 Å². The fraction of sp³-hybridized carbons (Fsp3) is 0. The van der Waals surface area contributed by atoms with E-state index >= 15 is 0 Å². The van der Waals surface area contributed by atoms with Crippen LogP contribution in [0.2, 0.25) is 0 Å². The maximum atomic E-state index is 2.36. The Labute approximate surface area is 294 Å². The largest absolute Gasteiger partial charge is 0.311 e. The van der Waals surface area contributed by atoms with Crippen LogP contribution in [0.3, 0.4) is 0 Å². The van der Waals surface area contributed by atoms with Crippen LogP contribution in [0, 0.1) is 0 Å². The van der Waals surface area contributed by atoms with Crippen LogP contribution in [0.15, 0.2) is 188 Å². The van der Waals surface area contributed by atoms with E-state index in [0.29, 0.717) is 0 Å². The summed E-state index contributed by atoms with van der Waals surface area (Å²) in [6.07, 6.45) is 0. The molecule has 1 nitrogen and oxygen atoms in total. The van der Waals surface area contributed by atoms with E-state index in [0.717, 1.165) is 17.1 Å². The number of fused-ring (bicyclic) bond motifs is 8. The Morgan fingerprint density at radius 3 is 1.66 bits per heavy atom. The number of hydrogen-bond donors (Lipinski definition) is 0. The first kappa shape index (κ1) is 28.8. The van der Waals surface area contributed by atoms with Gasteiger partial charge in [-0.1, -0.05) is 133 Å². The molecular weight excluding hydrogens is 623 g/mol. The van der Waals surface area contributed by atoms with Crippen LogP contribution in [0.1, 0.15) is 0 Å². The third-order valence-corrected chi connectivity index (χ3v) is 11.2. The van der Waals surface area contributed by atoms with E-state index in [4.69, 9.17) is 0 Å². The zero-order valence-corrected chi connectivity index (χ0v) is 28.1. The summed E-state index contributed by atoms with van der Waals surface area (Å²) in [5, 5.41) is 10.4. The van der Waals surface area contributed by atoms with Gasteiger partial charge in [0.15, 0.2) is 0 Å². The van der Waals surface area contributed by atoms with Crippen molar-refractivity contribution in [1.82, 2.24) is 0 Å². The van der Waals surface area contributed by atoms with Crippen LogP contribution in [-0.4, -0.2) is 0 Å². The highest BCUT2D eigenvalue weighted by Gasteiger charge is 2.15. The molecule has 0 amide bonds. The van der Waals surface area contributed by atoms with Crippen molar-refractivity contribution in [3.05, 3.63) is 188 Å². The number of rotatable bonds is 5. The lowest BCUT2D eigenvalue weighted by Crippen LogP contribution is -2.09. The number of anilines is 3. The predicted octanol–water partition coefficient (Wildman–Crippen LogP) is 14.3. The molecule has 0 bridgehead atoms. The number of hydrogen-bond acceptors (Lipinski definition) is 2. The van der Waals surface area contributed by atoms with Gasteiger partial charge in [0, 0.05) is 37.2 Å². The average molecular weight is 654 g/mol. The normalized spacial score (nSPS) is 11.6. The minimum absolute atomic E-state index is 1.12. The summed E-state index contributed by atoms with van der Waals surface area (Å²) in [4.78, 5) is 2.34. The van der Waals surface area contributed by atoms with Gasteiger partial charge in [0.25, 0.3) is 0 Å². The molecule has 0 aliphatic carbocycles. The van der Waals surface area contributed by atoms with Gasteiger partial charge in [-0.15, -0.1) is 11.3 Å². The lowest BCUT2D eigenvalue weighted by Gasteiger charge is -2.26. The highest BCUT2D eigenvalue weighted by atomic mass is 32.1. The Morgan fingerprint density at radius 2 is 0.900 bits per heavy atom. The fourth-order valence-corrected chi connectivity index (χ4v) is 8.80. The summed E-state index contributed by atoms with van der Waals surface area (Å²) in [6, 6.07) is 68.6. The van der Waals surface area contributed by atoms with Crippen LogP contribution in [0.25, 0.3) is 74.7 Å². The van der Waals surface area contributed by atoms with Crippen molar-refractivity contribution in [2.24, 2.45) is 0 Å². The monoisotopic (exact) mass is 653 g/mol. The molecule has 50 heavy (non-hydrogen) atoms. The minimum Gasteiger partial charge on any atom is -0.311 e. The van der Waals surface area contributed by atoms with Gasteiger partial charge >= 0.3 is 0 Å². The Bertz CT molecular complexity index is 2850. The van der Waals surface area contributed by atoms with E-state index in [1.54, 1.807) is 0 Å². The van der Waals surface area contributed by atoms with E-state index in [1.165, 1.54) is 74.7 Å². The van der Waals surface area contributed by atoms with Crippen molar-refractivity contribution in [2.75, 3.05) is 4.90 Å². The molecule has 2 heteroatoms. The number of thiophene rings is 1. The molecule has 10 rings (SSSR count). The van der Waals surface area contributed by atoms with E-state index < -0.39 is 0 Å². The van der Waals surface area contributed by atoms with Crippen LogP contribution in [0.4, 0.5) is 17.1 Å².